The second-order valence-electron chi connectivity index (χ2n) is 4.86. The van der Waals surface area contributed by atoms with Gasteiger partial charge in [0.1, 0.15) is 11.3 Å². The molecule has 2 rings (SSSR count). The second kappa shape index (κ2) is 7.01. The Hall–Kier alpha value is -0.930. The first-order chi connectivity index (χ1) is 9.24. The van der Waals surface area contributed by atoms with E-state index in [2.05, 4.69) is 50.4 Å². The van der Waals surface area contributed by atoms with Gasteiger partial charge in [0.15, 0.2) is 0 Å². The van der Waals surface area contributed by atoms with Gasteiger partial charge in [0.25, 0.3) is 0 Å². The minimum Gasteiger partial charge on any atom is -0.459 e. The van der Waals surface area contributed by atoms with Crippen molar-refractivity contribution in [3.05, 3.63) is 35.6 Å². The van der Waals surface area contributed by atoms with E-state index < -0.39 is 0 Å². The van der Waals surface area contributed by atoms with Gasteiger partial charge in [-0.25, -0.2) is 0 Å². The summed E-state index contributed by atoms with van der Waals surface area (Å²) >= 11 is 1.95. The topological polar surface area (TPSA) is 25.2 Å². The van der Waals surface area contributed by atoms with Crippen LogP contribution in [0.2, 0.25) is 0 Å². The molecule has 0 aliphatic heterocycles. The molecule has 19 heavy (non-hydrogen) atoms. The third kappa shape index (κ3) is 3.77. The zero-order valence-electron chi connectivity index (χ0n) is 12.0. The van der Waals surface area contributed by atoms with Crippen LogP contribution in [0.1, 0.15) is 37.6 Å². The van der Waals surface area contributed by atoms with Crippen LogP contribution in [0.5, 0.6) is 0 Å². The van der Waals surface area contributed by atoms with E-state index in [9.17, 15) is 0 Å². The summed E-state index contributed by atoms with van der Waals surface area (Å²) in [5, 5.41) is 4.79. The average molecular weight is 277 g/mol. The minimum atomic E-state index is 0.317. The van der Waals surface area contributed by atoms with Gasteiger partial charge in [0.2, 0.25) is 0 Å². The van der Waals surface area contributed by atoms with E-state index in [-0.39, 0.29) is 0 Å². The van der Waals surface area contributed by atoms with Crippen molar-refractivity contribution in [3.8, 4) is 0 Å². The normalized spacial score (nSPS) is 13.0. The van der Waals surface area contributed by atoms with Crippen molar-refractivity contribution < 1.29 is 4.42 Å². The van der Waals surface area contributed by atoms with Gasteiger partial charge in [0, 0.05) is 11.1 Å². The van der Waals surface area contributed by atoms with E-state index >= 15 is 0 Å². The van der Waals surface area contributed by atoms with Crippen LogP contribution in [0.25, 0.3) is 11.0 Å². The van der Waals surface area contributed by atoms with Crippen LogP contribution in [-0.4, -0.2) is 18.1 Å². The minimum absolute atomic E-state index is 0.317. The van der Waals surface area contributed by atoms with Crippen molar-refractivity contribution in [2.24, 2.45) is 0 Å². The average Bonchev–Trinajstić information content (AvgIpc) is 2.81. The van der Waals surface area contributed by atoms with Crippen LogP contribution < -0.4 is 5.32 Å². The Labute approximate surface area is 119 Å². The van der Waals surface area contributed by atoms with E-state index in [4.69, 9.17) is 4.42 Å². The van der Waals surface area contributed by atoms with Gasteiger partial charge < -0.3 is 9.73 Å². The lowest BCUT2D eigenvalue weighted by molar-refractivity contribution is 0.456. The first kappa shape index (κ1) is 14.5. The molecule has 1 N–H and O–H groups in total. The molecule has 1 aromatic heterocycles. The number of rotatable bonds is 7. The highest BCUT2D eigenvalue weighted by molar-refractivity contribution is 7.99. The van der Waals surface area contributed by atoms with E-state index in [1.165, 1.54) is 10.9 Å². The Morgan fingerprint density at radius 1 is 1.26 bits per heavy atom. The molecule has 0 spiro atoms. The van der Waals surface area contributed by atoms with Crippen molar-refractivity contribution in [1.82, 2.24) is 5.32 Å². The lowest BCUT2D eigenvalue weighted by Gasteiger charge is -2.15. The van der Waals surface area contributed by atoms with Gasteiger partial charge in [0.05, 0.1) is 6.04 Å². The van der Waals surface area contributed by atoms with Crippen molar-refractivity contribution in [2.75, 3.05) is 18.1 Å². The van der Waals surface area contributed by atoms with E-state index in [1.807, 2.05) is 11.8 Å². The molecule has 2 aromatic rings. The molecule has 104 valence electrons. The van der Waals surface area contributed by atoms with E-state index in [1.54, 1.807) is 0 Å². The number of hydrogen-bond acceptors (Lipinski definition) is 3. The maximum absolute atomic E-state index is 6.00. The van der Waals surface area contributed by atoms with Gasteiger partial charge in [-0.15, -0.1) is 0 Å². The smallest absolute Gasteiger partial charge is 0.134 e. The van der Waals surface area contributed by atoms with Crippen LogP contribution in [0.3, 0.4) is 0 Å². The van der Waals surface area contributed by atoms with Gasteiger partial charge in [-0.2, -0.15) is 11.8 Å². The quantitative estimate of drug-likeness (QED) is 0.804. The first-order valence-corrected chi connectivity index (χ1v) is 8.21. The van der Waals surface area contributed by atoms with Crippen LogP contribution in [-0.2, 0) is 0 Å². The molecule has 1 heterocycles. The molecule has 0 aliphatic rings. The van der Waals surface area contributed by atoms with Gasteiger partial charge in [-0.05, 0) is 43.8 Å². The standard InChI is InChI=1S/C16H23NOS/c1-4-8-17-14(11-19-5-2)16-10-13-9-12(3)6-7-15(13)18-16/h6-7,9-10,14,17H,4-5,8,11H2,1-3H3. The Morgan fingerprint density at radius 3 is 2.84 bits per heavy atom. The third-order valence-corrected chi connectivity index (χ3v) is 4.14. The maximum atomic E-state index is 6.00. The summed E-state index contributed by atoms with van der Waals surface area (Å²) in [5.41, 5.74) is 2.27. The molecule has 0 saturated heterocycles. The van der Waals surface area contributed by atoms with Crippen LogP contribution in [0, 0.1) is 6.92 Å². The largest absolute Gasteiger partial charge is 0.459 e. The van der Waals surface area contributed by atoms with Gasteiger partial charge in [-0.3, -0.25) is 0 Å². The highest BCUT2D eigenvalue weighted by Crippen LogP contribution is 2.26. The predicted molar refractivity (Wildman–Crippen MR) is 85.0 cm³/mol. The summed E-state index contributed by atoms with van der Waals surface area (Å²) in [5.74, 6) is 3.27. The van der Waals surface area contributed by atoms with Crippen molar-refractivity contribution in [2.45, 2.75) is 33.2 Å². The zero-order chi connectivity index (χ0) is 13.7. The number of furan rings is 1. The molecule has 1 atom stereocenters. The molecule has 0 aliphatic carbocycles. The van der Waals surface area contributed by atoms with E-state index in [0.29, 0.717) is 6.04 Å². The second-order valence-corrected chi connectivity index (χ2v) is 6.18. The van der Waals surface area contributed by atoms with Crippen LogP contribution >= 0.6 is 11.8 Å². The van der Waals surface area contributed by atoms with E-state index in [0.717, 1.165) is 35.8 Å². The molecule has 0 amide bonds. The third-order valence-electron chi connectivity index (χ3n) is 3.16. The van der Waals surface area contributed by atoms with Crippen molar-refractivity contribution in [1.29, 1.82) is 0 Å². The Balaban J connectivity index is 2.21. The first-order valence-electron chi connectivity index (χ1n) is 7.05. The lowest BCUT2D eigenvalue weighted by Crippen LogP contribution is -2.23. The molecule has 1 unspecified atom stereocenters. The zero-order valence-corrected chi connectivity index (χ0v) is 12.8. The summed E-state index contributed by atoms with van der Waals surface area (Å²) < 4.78 is 6.00. The highest BCUT2D eigenvalue weighted by Gasteiger charge is 2.15. The number of benzene rings is 1. The number of aryl methyl sites for hydroxylation is 1. The Morgan fingerprint density at radius 2 is 2.11 bits per heavy atom. The summed E-state index contributed by atoms with van der Waals surface area (Å²) in [6.07, 6.45) is 1.15. The molecule has 3 heteroatoms. The molecule has 0 saturated carbocycles. The summed E-state index contributed by atoms with van der Waals surface area (Å²) in [6.45, 7) is 7.54. The fourth-order valence-corrected chi connectivity index (χ4v) is 2.90. The van der Waals surface area contributed by atoms with Gasteiger partial charge >= 0.3 is 0 Å². The Bertz CT molecular complexity index is 512. The van der Waals surface area contributed by atoms with Crippen LogP contribution in [0.15, 0.2) is 28.7 Å². The molecule has 0 bridgehead atoms. The monoisotopic (exact) mass is 277 g/mol. The molecule has 0 fully saturated rings. The molecule has 2 nitrogen and oxygen atoms in total. The molecule has 0 radical (unpaired) electrons. The number of thioether (sulfide) groups is 1. The predicted octanol–water partition coefficient (Wildman–Crippen LogP) is 4.54. The van der Waals surface area contributed by atoms with Gasteiger partial charge in [-0.1, -0.05) is 25.5 Å². The van der Waals surface area contributed by atoms with Crippen LogP contribution in [0.4, 0.5) is 0 Å². The highest BCUT2D eigenvalue weighted by atomic mass is 32.2. The molecule has 1 aromatic carbocycles. The number of hydrogen-bond donors (Lipinski definition) is 1. The number of nitrogens with one attached hydrogen (secondary N) is 1. The fraction of sp³-hybridized carbons (Fsp3) is 0.500. The van der Waals surface area contributed by atoms with Crippen molar-refractivity contribution in [3.63, 3.8) is 0 Å². The Kier molecular flexibility index (Phi) is 5.34. The molecular weight excluding hydrogens is 254 g/mol. The van der Waals surface area contributed by atoms with Crippen molar-refractivity contribution >= 4 is 22.7 Å². The summed E-state index contributed by atoms with van der Waals surface area (Å²) in [4.78, 5) is 0. The molecular formula is C16H23NOS. The SMILES string of the molecule is CCCNC(CSCC)c1cc2cc(C)ccc2o1. The fourth-order valence-electron chi connectivity index (χ4n) is 2.15. The maximum Gasteiger partial charge on any atom is 0.134 e. The summed E-state index contributed by atoms with van der Waals surface area (Å²) in [6, 6.07) is 8.86. The lowest BCUT2D eigenvalue weighted by atomic mass is 10.1. The summed E-state index contributed by atoms with van der Waals surface area (Å²) in [7, 11) is 0. The number of fused-ring (bicyclic) bond motifs is 1.